The van der Waals surface area contributed by atoms with Crippen LogP contribution in [0.2, 0.25) is 0 Å². The van der Waals surface area contributed by atoms with Crippen molar-refractivity contribution in [3.8, 4) is 11.5 Å². The summed E-state index contributed by atoms with van der Waals surface area (Å²) in [5, 5.41) is 21.3. The van der Waals surface area contributed by atoms with Crippen molar-refractivity contribution in [2.45, 2.75) is 32.0 Å². The molecule has 33 heavy (non-hydrogen) atoms. The number of aliphatic hydroxyl groups excluding tert-OH is 1. The summed E-state index contributed by atoms with van der Waals surface area (Å²) < 4.78 is 5.74. The Labute approximate surface area is 191 Å². The van der Waals surface area contributed by atoms with Crippen molar-refractivity contribution in [1.29, 1.82) is 0 Å². The monoisotopic (exact) mass is 441 g/mol. The van der Waals surface area contributed by atoms with Crippen LogP contribution in [0.4, 0.5) is 0 Å². The van der Waals surface area contributed by atoms with E-state index in [1.54, 1.807) is 30.3 Å². The quantitative estimate of drug-likeness (QED) is 0.357. The Bertz CT molecular complexity index is 1280. The molecule has 6 nitrogen and oxygen atoms in total. The molecule has 2 aliphatic heterocycles. The first-order valence-electron chi connectivity index (χ1n) is 10.8. The zero-order chi connectivity index (χ0) is 23.1. The number of aromatic hydroxyl groups is 1. The zero-order valence-electron chi connectivity index (χ0n) is 18.1. The Kier molecular flexibility index (Phi) is 5.13. The molecule has 2 N–H and O–H groups in total. The Morgan fingerprint density at radius 3 is 2.58 bits per heavy atom. The lowest BCUT2D eigenvalue weighted by atomic mass is 9.94. The molecule has 0 radical (unpaired) electrons. The number of rotatable bonds is 4. The van der Waals surface area contributed by atoms with Crippen LogP contribution in [-0.4, -0.2) is 32.9 Å². The first-order chi connectivity index (χ1) is 15.9. The molecule has 0 bridgehead atoms. The molecule has 2 atom stereocenters. The predicted molar refractivity (Wildman–Crippen MR) is 123 cm³/mol. The van der Waals surface area contributed by atoms with Crippen LogP contribution < -0.4 is 4.74 Å². The molecular weight excluding hydrogens is 418 g/mol. The van der Waals surface area contributed by atoms with Crippen molar-refractivity contribution in [2.24, 2.45) is 0 Å². The van der Waals surface area contributed by atoms with E-state index in [1.807, 2.05) is 37.3 Å². The van der Waals surface area contributed by atoms with Crippen LogP contribution in [0.25, 0.3) is 5.76 Å². The van der Waals surface area contributed by atoms with E-state index in [-0.39, 0.29) is 29.7 Å². The van der Waals surface area contributed by atoms with Crippen molar-refractivity contribution in [2.75, 3.05) is 0 Å². The Morgan fingerprint density at radius 1 is 1.03 bits per heavy atom. The molecule has 1 fully saturated rings. The molecule has 0 saturated carbocycles. The van der Waals surface area contributed by atoms with Crippen molar-refractivity contribution in [3.05, 3.63) is 101 Å². The van der Waals surface area contributed by atoms with Gasteiger partial charge in [0.15, 0.2) is 0 Å². The van der Waals surface area contributed by atoms with Crippen LogP contribution in [0.1, 0.15) is 35.2 Å². The van der Waals surface area contributed by atoms with Crippen molar-refractivity contribution in [3.63, 3.8) is 0 Å². The van der Waals surface area contributed by atoms with Crippen LogP contribution in [0.5, 0.6) is 11.5 Å². The van der Waals surface area contributed by atoms with Crippen LogP contribution in [0.3, 0.4) is 0 Å². The van der Waals surface area contributed by atoms with E-state index >= 15 is 0 Å². The van der Waals surface area contributed by atoms with Gasteiger partial charge in [0.1, 0.15) is 23.4 Å². The average Bonchev–Trinajstić information content (AvgIpc) is 3.30. The van der Waals surface area contributed by atoms with Gasteiger partial charge in [-0.3, -0.25) is 9.59 Å². The van der Waals surface area contributed by atoms with Crippen molar-refractivity contribution in [1.82, 2.24) is 4.90 Å². The van der Waals surface area contributed by atoms with Gasteiger partial charge in [0.25, 0.3) is 11.7 Å². The van der Waals surface area contributed by atoms with E-state index in [2.05, 4.69) is 0 Å². The van der Waals surface area contributed by atoms with Gasteiger partial charge >= 0.3 is 0 Å². The maximum Gasteiger partial charge on any atom is 0.295 e. The summed E-state index contributed by atoms with van der Waals surface area (Å²) in [4.78, 5) is 27.7. The number of benzene rings is 3. The van der Waals surface area contributed by atoms with Gasteiger partial charge in [0.2, 0.25) is 0 Å². The van der Waals surface area contributed by atoms with Gasteiger partial charge < -0.3 is 19.8 Å². The fourth-order valence-electron chi connectivity index (χ4n) is 4.59. The maximum atomic E-state index is 13.2. The molecule has 0 aliphatic carbocycles. The minimum atomic E-state index is -0.833. The lowest BCUT2D eigenvalue weighted by Gasteiger charge is -2.25. The Balaban J connectivity index is 1.64. The molecule has 3 aromatic rings. The third kappa shape index (κ3) is 3.74. The normalized spacial score (nSPS) is 21.2. The number of carbonyl (C=O) groups excluding carboxylic acids is 2. The fourth-order valence-corrected chi connectivity index (χ4v) is 4.59. The summed E-state index contributed by atoms with van der Waals surface area (Å²) in [5.74, 6) is -0.900. The minimum Gasteiger partial charge on any atom is -0.508 e. The second-order valence-electron chi connectivity index (χ2n) is 8.46. The fraction of sp³-hybridized carbons (Fsp3) is 0.185. The van der Waals surface area contributed by atoms with E-state index in [1.165, 1.54) is 17.0 Å². The molecule has 0 unspecified atom stereocenters. The molecule has 166 valence electrons. The number of phenols is 1. The molecule has 2 heterocycles. The van der Waals surface area contributed by atoms with Gasteiger partial charge in [-0.1, -0.05) is 42.5 Å². The number of nitrogens with zero attached hydrogens (tertiary/aromatic N) is 1. The predicted octanol–water partition coefficient (Wildman–Crippen LogP) is 4.34. The van der Waals surface area contributed by atoms with Gasteiger partial charge in [0.05, 0.1) is 11.6 Å². The summed E-state index contributed by atoms with van der Waals surface area (Å²) in [6.07, 6.45) is 0.746. The first-order valence-corrected chi connectivity index (χ1v) is 10.8. The largest absolute Gasteiger partial charge is 0.508 e. The number of hydrogen-bond donors (Lipinski definition) is 2. The molecule has 5 rings (SSSR count). The number of Topliss-reactive ketones (excluding diaryl/α,β-unsaturated/α-hetero) is 1. The van der Waals surface area contributed by atoms with Crippen LogP contribution in [-0.2, 0) is 22.6 Å². The van der Waals surface area contributed by atoms with Crippen molar-refractivity contribution < 1.29 is 24.5 Å². The zero-order valence-corrected chi connectivity index (χ0v) is 18.1. The van der Waals surface area contributed by atoms with Gasteiger partial charge in [-0.15, -0.1) is 0 Å². The van der Waals surface area contributed by atoms with Gasteiger partial charge in [0, 0.05) is 18.5 Å². The summed E-state index contributed by atoms with van der Waals surface area (Å²) in [7, 11) is 0. The lowest BCUT2D eigenvalue weighted by Crippen LogP contribution is -2.29. The molecule has 0 spiro atoms. The lowest BCUT2D eigenvalue weighted by molar-refractivity contribution is -0.140. The van der Waals surface area contributed by atoms with E-state index in [0.29, 0.717) is 17.5 Å². The summed E-state index contributed by atoms with van der Waals surface area (Å²) >= 11 is 0. The molecule has 2 aliphatic rings. The summed E-state index contributed by atoms with van der Waals surface area (Å²) in [6, 6.07) is 20.2. The van der Waals surface area contributed by atoms with E-state index in [9.17, 15) is 19.8 Å². The van der Waals surface area contributed by atoms with Gasteiger partial charge in [-0.25, -0.2) is 0 Å². The Hall–Kier alpha value is -4.06. The summed E-state index contributed by atoms with van der Waals surface area (Å²) in [6.45, 7) is 2.16. The number of carbonyl (C=O) groups is 2. The van der Waals surface area contributed by atoms with E-state index in [4.69, 9.17) is 4.74 Å². The number of aliphatic hydroxyl groups is 1. The second kappa shape index (κ2) is 8.13. The minimum absolute atomic E-state index is 0.00782. The van der Waals surface area contributed by atoms with Gasteiger partial charge in [-0.05, 0) is 53.9 Å². The smallest absolute Gasteiger partial charge is 0.295 e. The van der Waals surface area contributed by atoms with Crippen LogP contribution in [0, 0.1) is 0 Å². The number of ether oxygens (including phenoxy) is 1. The first kappa shape index (κ1) is 20.8. The highest BCUT2D eigenvalue weighted by Gasteiger charge is 2.46. The number of fused-ring (bicyclic) bond motifs is 1. The highest BCUT2D eigenvalue weighted by molar-refractivity contribution is 6.46. The van der Waals surface area contributed by atoms with E-state index < -0.39 is 17.7 Å². The molecule has 3 aromatic carbocycles. The third-order valence-electron chi connectivity index (χ3n) is 6.09. The number of ketones is 1. The third-order valence-corrected chi connectivity index (χ3v) is 6.09. The van der Waals surface area contributed by atoms with Crippen LogP contribution in [0.15, 0.2) is 78.4 Å². The highest BCUT2D eigenvalue weighted by Crippen LogP contribution is 2.42. The topological polar surface area (TPSA) is 87.1 Å². The molecular formula is C27H23NO5. The SMILES string of the molecule is C[C@@H]1Cc2cc(C(O)=C3C(=O)C(=O)N(Cc4ccccc4)[C@@H]3c3cccc(O)c3)ccc2O1. The van der Waals surface area contributed by atoms with Crippen LogP contribution >= 0.6 is 0 Å². The number of hydrogen-bond acceptors (Lipinski definition) is 5. The van der Waals surface area contributed by atoms with Crippen molar-refractivity contribution >= 4 is 17.4 Å². The maximum absolute atomic E-state index is 13.2. The molecule has 1 amide bonds. The van der Waals surface area contributed by atoms with E-state index in [0.717, 1.165) is 16.9 Å². The number of likely N-dealkylation sites (tertiary alicyclic amines) is 1. The molecule has 1 saturated heterocycles. The van der Waals surface area contributed by atoms with Gasteiger partial charge in [-0.2, -0.15) is 0 Å². The summed E-state index contributed by atoms with van der Waals surface area (Å²) in [5.41, 5.74) is 2.81. The molecule has 0 aromatic heterocycles. The standard InChI is InChI=1S/C27H23NO5/c1-16-12-20-13-19(10-11-22(20)33-16)25(30)23-24(18-8-5-9-21(29)14-18)28(27(32)26(23)31)15-17-6-3-2-4-7-17/h2-11,13-14,16,24,29-30H,12,15H2,1H3/t16-,24-/m1/s1. The number of phenolic OH excluding ortho intramolecular Hbond substituents is 1. The molecule has 6 heteroatoms. The highest BCUT2D eigenvalue weighted by atomic mass is 16.5. The number of amides is 1. The second-order valence-corrected chi connectivity index (χ2v) is 8.46. The average molecular weight is 441 g/mol. The Morgan fingerprint density at radius 2 is 1.82 bits per heavy atom.